The number of amides is 1. The number of fused-ring (bicyclic) bond motifs is 3. The molecular formula is C22H16ClN5O2. The second-order valence-electron chi connectivity index (χ2n) is 7.53. The van der Waals surface area contributed by atoms with E-state index in [-0.39, 0.29) is 5.91 Å². The molecule has 1 aliphatic carbocycles. The third-order valence-corrected chi connectivity index (χ3v) is 5.74. The first-order valence-corrected chi connectivity index (χ1v) is 10.1. The van der Waals surface area contributed by atoms with Gasteiger partial charge in [-0.1, -0.05) is 35.0 Å². The number of aromatic nitrogens is 4. The minimum absolute atomic E-state index is 0.107. The molecular weight excluding hydrogens is 402 g/mol. The van der Waals surface area contributed by atoms with Gasteiger partial charge in [0.15, 0.2) is 0 Å². The lowest BCUT2D eigenvalue weighted by atomic mass is 10.1. The van der Waals surface area contributed by atoms with Gasteiger partial charge in [0.2, 0.25) is 11.7 Å². The molecule has 30 heavy (non-hydrogen) atoms. The molecule has 0 N–H and O–H groups in total. The number of anilines is 1. The van der Waals surface area contributed by atoms with Crippen LogP contribution in [0.25, 0.3) is 17.2 Å². The van der Waals surface area contributed by atoms with Gasteiger partial charge in [-0.25, -0.2) is 4.98 Å². The first-order chi connectivity index (χ1) is 14.7. The van der Waals surface area contributed by atoms with Crippen molar-refractivity contribution < 1.29 is 9.32 Å². The summed E-state index contributed by atoms with van der Waals surface area (Å²) >= 11 is 6.26. The summed E-state index contributed by atoms with van der Waals surface area (Å²) in [5.41, 5.74) is 3.62. The Morgan fingerprint density at radius 2 is 1.93 bits per heavy atom. The summed E-state index contributed by atoms with van der Waals surface area (Å²) in [7, 11) is 0. The molecule has 0 unspecified atom stereocenters. The molecule has 0 atom stereocenters. The molecule has 8 heteroatoms. The highest BCUT2D eigenvalue weighted by atomic mass is 35.5. The summed E-state index contributed by atoms with van der Waals surface area (Å²) in [5, 5.41) is 4.71. The average molecular weight is 418 g/mol. The SMILES string of the molecule is O=C(c1ccccc1)N1Cc2c(-c3noc(C4CC4)n3)ncn2-c2ccc(Cl)cc21. The predicted octanol–water partition coefficient (Wildman–Crippen LogP) is 4.61. The van der Waals surface area contributed by atoms with Crippen LogP contribution in [-0.4, -0.2) is 25.6 Å². The first kappa shape index (κ1) is 17.4. The Morgan fingerprint density at radius 1 is 1.10 bits per heavy atom. The van der Waals surface area contributed by atoms with Crippen molar-refractivity contribution in [1.29, 1.82) is 0 Å². The Morgan fingerprint density at radius 3 is 2.73 bits per heavy atom. The summed E-state index contributed by atoms with van der Waals surface area (Å²) in [5.74, 6) is 1.37. The van der Waals surface area contributed by atoms with E-state index in [0.29, 0.717) is 40.5 Å². The van der Waals surface area contributed by atoms with E-state index in [1.165, 1.54) is 0 Å². The van der Waals surface area contributed by atoms with Gasteiger partial charge in [0.25, 0.3) is 5.91 Å². The van der Waals surface area contributed by atoms with Gasteiger partial charge in [0.05, 0.1) is 23.6 Å². The van der Waals surface area contributed by atoms with Gasteiger partial charge in [-0.05, 0) is 43.2 Å². The van der Waals surface area contributed by atoms with Crippen molar-refractivity contribution in [3.8, 4) is 17.2 Å². The zero-order valence-electron chi connectivity index (χ0n) is 15.8. The monoisotopic (exact) mass is 417 g/mol. The van der Waals surface area contributed by atoms with Gasteiger partial charge < -0.3 is 9.42 Å². The van der Waals surface area contributed by atoms with Crippen LogP contribution in [-0.2, 0) is 6.54 Å². The number of hydrogen-bond acceptors (Lipinski definition) is 5. The predicted molar refractivity (Wildman–Crippen MR) is 111 cm³/mol. The summed E-state index contributed by atoms with van der Waals surface area (Å²) in [6.07, 6.45) is 3.89. The Labute approximate surface area is 176 Å². The second kappa shape index (κ2) is 6.53. The van der Waals surface area contributed by atoms with E-state index in [9.17, 15) is 4.79 Å². The summed E-state index contributed by atoms with van der Waals surface area (Å²) in [6, 6.07) is 14.7. The van der Waals surface area contributed by atoms with Crippen LogP contribution in [0.15, 0.2) is 59.4 Å². The minimum Gasteiger partial charge on any atom is -0.339 e. The minimum atomic E-state index is -0.107. The van der Waals surface area contributed by atoms with Crippen LogP contribution in [0.4, 0.5) is 5.69 Å². The Kier molecular flexibility index (Phi) is 3.79. The first-order valence-electron chi connectivity index (χ1n) is 9.76. The summed E-state index contributed by atoms with van der Waals surface area (Å²) < 4.78 is 7.39. The Hall–Kier alpha value is -3.45. The smallest absolute Gasteiger partial charge is 0.258 e. The Balaban J connectivity index is 1.48. The van der Waals surface area contributed by atoms with Crippen molar-refractivity contribution in [2.45, 2.75) is 25.3 Å². The van der Waals surface area contributed by atoms with Crippen LogP contribution in [0.5, 0.6) is 0 Å². The van der Waals surface area contributed by atoms with Crippen LogP contribution >= 0.6 is 11.6 Å². The number of benzene rings is 2. The van der Waals surface area contributed by atoms with E-state index in [2.05, 4.69) is 15.1 Å². The van der Waals surface area contributed by atoms with E-state index >= 15 is 0 Å². The highest BCUT2D eigenvalue weighted by Gasteiger charge is 2.33. The van der Waals surface area contributed by atoms with Gasteiger partial charge in [-0.3, -0.25) is 9.36 Å². The Bertz CT molecular complexity index is 1280. The zero-order chi connectivity index (χ0) is 20.2. The molecule has 0 bridgehead atoms. The lowest BCUT2D eigenvalue weighted by Gasteiger charge is -2.31. The normalized spacial score (nSPS) is 15.0. The number of carbonyl (C=O) groups excluding carboxylic acids is 1. The van der Waals surface area contributed by atoms with Crippen molar-refractivity contribution in [2.75, 3.05) is 4.90 Å². The van der Waals surface area contributed by atoms with Crippen LogP contribution in [0, 0.1) is 0 Å². The fraction of sp³-hybridized carbons (Fsp3) is 0.182. The molecule has 1 saturated carbocycles. The third kappa shape index (κ3) is 2.74. The highest BCUT2D eigenvalue weighted by molar-refractivity contribution is 6.31. The molecule has 0 spiro atoms. The van der Waals surface area contributed by atoms with Crippen molar-refractivity contribution in [2.24, 2.45) is 0 Å². The van der Waals surface area contributed by atoms with Crippen LogP contribution in [0.1, 0.15) is 40.7 Å². The number of rotatable bonds is 3. The summed E-state index contributed by atoms with van der Waals surface area (Å²) in [4.78, 5) is 24.2. The molecule has 6 rings (SSSR count). The highest BCUT2D eigenvalue weighted by Crippen LogP contribution is 2.41. The summed E-state index contributed by atoms with van der Waals surface area (Å²) in [6.45, 7) is 0.323. The number of hydrogen-bond donors (Lipinski definition) is 0. The van der Waals surface area contributed by atoms with Gasteiger partial charge in [0.1, 0.15) is 12.0 Å². The molecule has 0 saturated heterocycles. The third-order valence-electron chi connectivity index (χ3n) is 5.51. The van der Waals surface area contributed by atoms with E-state index < -0.39 is 0 Å². The van der Waals surface area contributed by atoms with Crippen LogP contribution in [0.3, 0.4) is 0 Å². The quantitative estimate of drug-likeness (QED) is 0.486. The van der Waals surface area contributed by atoms with Crippen molar-refractivity contribution in [3.05, 3.63) is 77.0 Å². The molecule has 0 radical (unpaired) electrons. The molecule has 1 amide bonds. The zero-order valence-corrected chi connectivity index (χ0v) is 16.6. The molecule has 2 aromatic carbocycles. The molecule has 1 fully saturated rings. The molecule has 1 aliphatic heterocycles. The van der Waals surface area contributed by atoms with E-state index in [4.69, 9.17) is 16.1 Å². The van der Waals surface area contributed by atoms with Gasteiger partial charge in [-0.15, -0.1) is 0 Å². The van der Waals surface area contributed by atoms with Gasteiger partial charge in [-0.2, -0.15) is 4.98 Å². The lowest BCUT2D eigenvalue weighted by Crippen LogP contribution is -2.35. The van der Waals surface area contributed by atoms with E-state index in [1.807, 2.05) is 28.8 Å². The van der Waals surface area contributed by atoms with Gasteiger partial charge >= 0.3 is 0 Å². The van der Waals surface area contributed by atoms with Crippen LogP contribution < -0.4 is 4.90 Å². The number of nitrogens with zero attached hydrogens (tertiary/aromatic N) is 5. The maximum absolute atomic E-state index is 13.4. The van der Waals surface area contributed by atoms with Gasteiger partial charge in [0, 0.05) is 16.5 Å². The molecule has 148 valence electrons. The van der Waals surface area contributed by atoms with Crippen molar-refractivity contribution in [1.82, 2.24) is 19.7 Å². The molecule has 4 aromatic rings. The van der Waals surface area contributed by atoms with Crippen LogP contribution in [0.2, 0.25) is 5.02 Å². The fourth-order valence-electron chi connectivity index (χ4n) is 3.82. The maximum Gasteiger partial charge on any atom is 0.258 e. The standard InChI is InChI=1S/C22H16ClN5O2/c23-15-8-9-16-17(10-15)27(22(29)14-4-2-1-3-5-14)11-18-19(24-12-28(16)18)20-25-21(30-26-20)13-6-7-13/h1-5,8-10,12-13H,6-7,11H2. The number of halogens is 1. The maximum atomic E-state index is 13.4. The largest absolute Gasteiger partial charge is 0.339 e. The number of imidazole rings is 1. The van der Waals surface area contributed by atoms with E-state index in [1.54, 1.807) is 35.5 Å². The molecule has 7 nitrogen and oxygen atoms in total. The second-order valence-corrected chi connectivity index (χ2v) is 7.97. The fourth-order valence-corrected chi connectivity index (χ4v) is 3.98. The van der Waals surface area contributed by atoms with Crippen molar-refractivity contribution >= 4 is 23.2 Å². The average Bonchev–Trinajstić information content (AvgIpc) is 3.35. The molecule has 2 aromatic heterocycles. The molecule has 2 aliphatic rings. The topological polar surface area (TPSA) is 77.1 Å². The molecule has 3 heterocycles. The van der Waals surface area contributed by atoms with Crippen molar-refractivity contribution in [3.63, 3.8) is 0 Å². The van der Waals surface area contributed by atoms with E-state index in [0.717, 1.165) is 29.9 Å². The lowest BCUT2D eigenvalue weighted by molar-refractivity contribution is 0.0984. The number of carbonyl (C=O) groups is 1.